The van der Waals surface area contributed by atoms with E-state index in [4.69, 9.17) is 0 Å². The van der Waals surface area contributed by atoms with Gasteiger partial charge in [-0.2, -0.15) is 0 Å². The normalized spacial score (nSPS) is 18.9. The Labute approximate surface area is 142 Å². The molecule has 132 valence electrons. The largest absolute Gasteiger partial charge is 0.351 e. The number of hydrogen-bond acceptors (Lipinski definition) is 5. The Hall–Kier alpha value is -1.93. The van der Waals surface area contributed by atoms with E-state index in [0.717, 1.165) is 4.31 Å². The molecule has 7 nitrogen and oxygen atoms in total. The minimum Gasteiger partial charge on any atom is -0.351 e. The highest BCUT2D eigenvalue weighted by molar-refractivity contribution is 7.94. The maximum absolute atomic E-state index is 12.4. The second-order valence-corrected chi connectivity index (χ2v) is 8.64. The highest BCUT2D eigenvalue weighted by Crippen LogP contribution is 2.35. The maximum Gasteiger partial charge on any atom is 0.251 e. The van der Waals surface area contributed by atoms with Crippen molar-refractivity contribution in [2.24, 2.45) is 5.41 Å². The van der Waals surface area contributed by atoms with Crippen LogP contribution >= 0.6 is 0 Å². The Morgan fingerprint density at radius 1 is 1.33 bits per heavy atom. The van der Waals surface area contributed by atoms with Crippen molar-refractivity contribution in [3.05, 3.63) is 29.8 Å². The first-order chi connectivity index (χ1) is 11.0. The first kappa shape index (κ1) is 18.4. The van der Waals surface area contributed by atoms with Gasteiger partial charge in [0.1, 0.15) is 0 Å². The standard InChI is InChI=1S/C16H23N3O4S/c1-16(2)11-24(22,23)19(15(16)21)13-7-5-6-12(10-13)14(20)17-8-9-18(3)4/h5-7,10H,8-9,11H2,1-4H3,(H,17,20). The molecular formula is C16H23N3O4S. The summed E-state index contributed by atoms with van der Waals surface area (Å²) in [7, 11) is 0.0801. The zero-order valence-electron chi connectivity index (χ0n) is 14.4. The smallest absolute Gasteiger partial charge is 0.251 e. The molecule has 0 aliphatic carbocycles. The van der Waals surface area contributed by atoms with Gasteiger partial charge in [-0.15, -0.1) is 0 Å². The summed E-state index contributed by atoms with van der Waals surface area (Å²) in [6, 6.07) is 6.12. The number of nitrogens with zero attached hydrogens (tertiary/aromatic N) is 2. The molecule has 24 heavy (non-hydrogen) atoms. The fourth-order valence-electron chi connectivity index (χ4n) is 2.53. The van der Waals surface area contributed by atoms with E-state index in [2.05, 4.69) is 5.32 Å². The molecule has 8 heteroatoms. The third-order valence-corrected chi connectivity index (χ3v) is 5.79. The molecule has 0 atom stereocenters. The summed E-state index contributed by atoms with van der Waals surface area (Å²) >= 11 is 0. The number of carbonyl (C=O) groups excluding carboxylic acids is 2. The van der Waals surface area contributed by atoms with Gasteiger partial charge in [-0.05, 0) is 46.1 Å². The molecule has 0 bridgehead atoms. The SMILES string of the molecule is CN(C)CCNC(=O)c1cccc(N2C(=O)C(C)(C)CS2(=O)=O)c1. The van der Waals surface area contributed by atoms with Gasteiger partial charge in [0.2, 0.25) is 15.9 Å². The molecule has 1 saturated heterocycles. The Morgan fingerprint density at radius 3 is 2.54 bits per heavy atom. The lowest BCUT2D eigenvalue weighted by molar-refractivity contribution is -0.123. The number of nitrogens with one attached hydrogen (secondary N) is 1. The van der Waals surface area contributed by atoms with Gasteiger partial charge < -0.3 is 10.2 Å². The number of sulfonamides is 1. The molecule has 2 rings (SSSR count). The van der Waals surface area contributed by atoms with Crippen molar-refractivity contribution in [3.63, 3.8) is 0 Å². The molecule has 1 heterocycles. The second kappa shape index (κ2) is 6.52. The van der Waals surface area contributed by atoms with Crippen LogP contribution in [-0.2, 0) is 14.8 Å². The third-order valence-electron chi connectivity index (χ3n) is 3.77. The topological polar surface area (TPSA) is 86.8 Å². The van der Waals surface area contributed by atoms with Crippen molar-refractivity contribution >= 4 is 27.5 Å². The van der Waals surface area contributed by atoms with Crippen LogP contribution in [0.25, 0.3) is 0 Å². The maximum atomic E-state index is 12.4. The monoisotopic (exact) mass is 353 g/mol. The van der Waals surface area contributed by atoms with Crippen molar-refractivity contribution in [1.29, 1.82) is 0 Å². The van der Waals surface area contributed by atoms with Crippen LogP contribution in [0.3, 0.4) is 0 Å². The number of anilines is 1. The predicted molar refractivity (Wildman–Crippen MR) is 92.4 cm³/mol. The van der Waals surface area contributed by atoms with E-state index in [1.54, 1.807) is 26.0 Å². The summed E-state index contributed by atoms with van der Waals surface area (Å²) in [4.78, 5) is 26.5. The number of hydrogen-bond donors (Lipinski definition) is 1. The second-order valence-electron chi connectivity index (χ2n) is 6.82. The molecule has 1 aliphatic rings. The van der Waals surface area contributed by atoms with E-state index >= 15 is 0 Å². The van der Waals surface area contributed by atoms with Gasteiger partial charge in [0, 0.05) is 18.7 Å². The van der Waals surface area contributed by atoms with E-state index < -0.39 is 21.3 Å². The molecule has 0 radical (unpaired) electrons. The summed E-state index contributed by atoms with van der Waals surface area (Å²) in [6.07, 6.45) is 0. The quantitative estimate of drug-likeness (QED) is 0.841. The number of benzene rings is 1. The minimum absolute atomic E-state index is 0.200. The minimum atomic E-state index is -3.72. The zero-order valence-corrected chi connectivity index (χ0v) is 15.2. The summed E-state index contributed by atoms with van der Waals surface area (Å²) in [5.41, 5.74) is -0.451. The molecular weight excluding hydrogens is 330 g/mol. The van der Waals surface area contributed by atoms with Gasteiger partial charge >= 0.3 is 0 Å². The van der Waals surface area contributed by atoms with Gasteiger partial charge in [0.05, 0.1) is 16.9 Å². The molecule has 0 unspecified atom stereocenters. The Bertz CT molecular complexity index is 756. The van der Waals surface area contributed by atoms with E-state index in [0.29, 0.717) is 18.7 Å². The number of amides is 2. The first-order valence-electron chi connectivity index (χ1n) is 7.65. The molecule has 1 aromatic rings. The zero-order chi connectivity index (χ0) is 18.1. The lowest BCUT2D eigenvalue weighted by Crippen LogP contribution is -2.33. The van der Waals surface area contributed by atoms with Crippen molar-refractivity contribution in [3.8, 4) is 0 Å². The van der Waals surface area contributed by atoms with Crippen LogP contribution in [0.5, 0.6) is 0 Å². The summed E-state index contributed by atoms with van der Waals surface area (Å²) in [5.74, 6) is -1.02. The van der Waals surface area contributed by atoms with Crippen LogP contribution in [0.2, 0.25) is 0 Å². The van der Waals surface area contributed by atoms with Crippen LogP contribution in [-0.4, -0.2) is 58.1 Å². The van der Waals surface area contributed by atoms with Crippen LogP contribution in [0.4, 0.5) is 5.69 Å². The molecule has 1 fully saturated rings. The van der Waals surface area contributed by atoms with Crippen molar-refractivity contribution in [2.45, 2.75) is 13.8 Å². The average Bonchev–Trinajstić information content (AvgIpc) is 2.62. The van der Waals surface area contributed by atoms with Crippen molar-refractivity contribution in [1.82, 2.24) is 10.2 Å². The van der Waals surface area contributed by atoms with Crippen LogP contribution in [0, 0.1) is 5.41 Å². The van der Waals surface area contributed by atoms with Gasteiger partial charge in [-0.3, -0.25) is 9.59 Å². The number of rotatable bonds is 5. The molecule has 2 amide bonds. The first-order valence-corrected chi connectivity index (χ1v) is 9.26. The van der Waals surface area contributed by atoms with Gasteiger partial charge in [-0.1, -0.05) is 6.07 Å². The van der Waals surface area contributed by atoms with Gasteiger partial charge in [0.25, 0.3) is 5.91 Å². The predicted octanol–water partition coefficient (Wildman–Crippen LogP) is 0.681. The summed E-state index contributed by atoms with van der Waals surface area (Å²) < 4.78 is 25.4. The van der Waals surface area contributed by atoms with Crippen molar-refractivity contribution in [2.75, 3.05) is 37.2 Å². The highest BCUT2D eigenvalue weighted by atomic mass is 32.2. The fourth-order valence-corrected chi connectivity index (χ4v) is 4.63. The summed E-state index contributed by atoms with van der Waals surface area (Å²) in [6.45, 7) is 4.37. The van der Waals surface area contributed by atoms with Crippen LogP contribution in [0.1, 0.15) is 24.2 Å². The van der Waals surface area contributed by atoms with Gasteiger partial charge in [0.15, 0.2) is 0 Å². The van der Waals surface area contributed by atoms with Crippen LogP contribution in [0.15, 0.2) is 24.3 Å². The van der Waals surface area contributed by atoms with Crippen LogP contribution < -0.4 is 9.62 Å². The Morgan fingerprint density at radius 2 is 2.00 bits per heavy atom. The van der Waals surface area contributed by atoms with E-state index in [-0.39, 0.29) is 17.3 Å². The molecule has 0 saturated carbocycles. The number of likely N-dealkylation sites (N-methyl/N-ethyl adjacent to an activating group) is 1. The van der Waals surface area contributed by atoms with Crippen molar-refractivity contribution < 1.29 is 18.0 Å². The van der Waals surface area contributed by atoms with Gasteiger partial charge in [-0.25, -0.2) is 12.7 Å². The summed E-state index contributed by atoms with van der Waals surface area (Å²) in [5, 5.41) is 2.76. The van der Waals surface area contributed by atoms with E-state index in [9.17, 15) is 18.0 Å². The molecule has 1 aliphatic heterocycles. The number of carbonyl (C=O) groups is 2. The van der Waals surface area contributed by atoms with E-state index in [1.807, 2.05) is 19.0 Å². The lowest BCUT2D eigenvalue weighted by Gasteiger charge is -2.18. The molecule has 0 aromatic heterocycles. The third kappa shape index (κ3) is 3.76. The molecule has 0 spiro atoms. The van der Waals surface area contributed by atoms with E-state index in [1.165, 1.54) is 12.1 Å². The average molecular weight is 353 g/mol. The lowest BCUT2D eigenvalue weighted by atomic mass is 9.95. The highest BCUT2D eigenvalue weighted by Gasteiger charge is 2.49. The Kier molecular flexibility index (Phi) is 5.00. The molecule has 1 N–H and O–H groups in total. The molecule has 1 aromatic carbocycles. The fraction of sp³-hybridized carbons (Fsp3) is 0.500. The Balaban J connectivity index is 2.25.